The van der Waals surface area contributed by atoms with Crippen LogP contribution in [0.4, 0.5) is 10.3 Å². The van der Waals surface area contributed by atoms with Gasteiger partial charge in [0.1, 0.15) is 11.0 Å². The van der Waals surface area contributed by atoms with Crippen LogP contribution in [0.3, 0.4) is 0 Å². The Hall–Kier alpha value is -3.63. The lowest BCUT2D eigenvalue weighted by Crippen LogP contribution is -2.52. The highest BCUT2D eigenvalue weighted by molar-refractivity contribution is 7.16. The first kappa shape index (κ1) is 22.6. The van der Waals surface area contributed by atoms with E-state index >= 15 is 4.39 Å². The summed E-state index contributed by atoms with van der Waals surface area (Å²) in [6.07, 6.45) is 3.69. The molecule has 2 amide bonds. The Morgan fingerprint density at radius 3 is 2.62 bits per heavy atom. The van der Waals surface area contributed by atoms with E-state index in [0.717, 1.165) is 36.1 Å². The Morgan fingerprint density at radius 2 is 1.78 bits per heavy atom. The van der Waals surface area contributed by atoms with Gasteiger partial charge in [-0.3, -0.25) is 19.8 Å². The van der Waals surface area contributed by atoms with Crippen LogP contribution in [0.2, 0.25) is 0 Å². The molecule has 4 aromatic rings. The molecule has 2 fully saturated rings. The molecule has 3 aliphatic rings. The number of piperidine rings is 1. The van der Waals surface area contributed by atoms with Crippen molar-refractivity contribution in [1.82, 2.24) is 25.2 Å². The van der Waals surface area contributed by atoms with E-state index < -0.39 is 18.0 Å². The third-order valence-electron chi connectivity index (χ3n) is 7.73. The normalized spacial score (nSPS) is 23.1. The first-order valence-electron chi connectivity index (χ1n) is 12.6. The van der Waals surface area contributed by atoms with Crippen LogP contribution < -0.4 is 10.2 Å². The molecule has 8 nitrogen and oxygen atoms in total. The average Bonchev–Trinajstić information content (AvgIpc) is 3.69. The van der Waals surface area contributed by atoms with Gasteiger partial charge in [0.15, 0.2) is 0 Å². The molecular weight excluding hydrogens is 491 g/mol. The van der Waals surface area contributed by atoms with Crippen LogP contribution in [-0.4, -0.2) is 70.1 Å². The molecular formula is C27H25FN6O2S. The fraction of sp³-hybridized carbons (Fsp3) is 0.333. The number of hydrogen-bond acceptors (Lipinski definition) is 7. The molecule has 3 aliphatic heterocycles. The van der Waals surface area contributed by atoms with Gasteiger partial charge in [-0.2, -0.15) is 0 Å². The minimum Gasteiger partial charge on any atom is -0.352 e. The number of amides is 2. The van der Waals surface area contributed by atoms with Gasteiger partial charge in [-0.1, -0.05) is 18.2 Å². The van der Waals surface area contributed by atoms with Crippen molar-refractivity contribution in [3.63, 3.8) is 0 Å². The summed E-state index contributed by atoms with van der Waals surface area (Å²) in [7, 11) is 0. The number of thiophene rings is 1. The number of H-pyrrole nitrogens is 1. The van der Waals surface area contributed by atoms with Crippen LogP contribution in [0.15, 0.2) is 41.9 Å². The van der Waals surface area contributed by atoms with Crippen LogP contribution in [-0.2, 0) is 9.59 Å². The molecule has 2 saturated heterocycles. The second-order valence-corrected chi connectivity index (χ2v) is 10.8. The summed E-state index contributed by atoms with van der Waals surface area (Å²) in [5.41, 5.74) is 2.21. The van der Waals surface area contributed by atoms with Gasteiger partial charge in [-0.15, -0.1) is 11.3 Å². The van der Waals surface area contributed by atoms with E-state index in [9.17, 15) is 9.59 Å². The molecule has 188 valence electrons. The van der Waals surface area contributed by atoms with Crippen molar-refractivity contribution in [1.29, 1.82) is 0 Å². The average molecular weight is 517 g/mol. The number of likely N-dealkylation sites (tertiary alicyclic amines) is 1. The van der Waals surface area contributed by atoms with E-state index in [2.05, 4.69) is 15.2 Å². The van der Waals surface area contributed by atoms with E-state index in [4.69, 9.17) is 9.97 Å². The highest BCUT2D eigenvalue weighted by atomic mass is 32.1. The van der Waals surface area contributed by atoms with Crippen molar-refractivity contribution in [2.75, 3.05) is 31.1 Å². The number of nitrogens with one attached hydrogen (secondary N) is 2. The fourth-order valence-electron chi connectivity index (χ4n) is 5.95. The molecule has 6 heterocycles. The van der Waals surface area contributed by atoms with E-state index in [-0.39, 0.29) is 18.2 Å². The second kappa shape index (κ2) is 8.74. The summed E-state index contributed by atoms with van der Waals surface area (Å²) < 4.78 is 15.4. The van der Waals surface area contributed by atoms with Crippen molar-refractivity contribution in [3.05, 3.63) is 53.2 Å². The first-order valence-corrected chi connectivity index (χ1v) is 13.5. The largest absolute Gasteiger partial charge is 0.352 e. The number of benzene rings is 1. The maximum Gasteiger partial charge on any atom is 0.261 e. The fourth-order valence-corrected chi connectivity index (χ4v) is 6.72. The number of halogens is 1. The molecule has 0 radical (unpaired) electrons. The van der Waals surface area contributed by atoms with Gasteiger partial charge < -0.3 is 9.88 Å². The van der Waals surface area contributed by atoms with Crippen molar-refractivity contribution in [3.8, 4) is 0 Å². The van der Waals surface area contributed by atoms with E-state index in [1.54, 1.807) is 6.20 Å². The molecule has 1 aromatic carbocycles. The van der Waals surface area contributed by atoms with E-state index in [0.29, 0.717) is 46.6 Å². The van der Waals surface area contributed by atoms with Gasteiger partial charge in [0.25, 0.3) is 11.8 Å². The maximum absolute atomic E-state index is 15.4. The van der Waals surface area contributed by atoms with Gasteiger partial charge in [0.05, 0.1) is 28.9 Å². The molecule has 0 spiro atoms. The van der Waals surface area contributed by atoms with Crippen molar-refractivity contribution < 1.29 is 14.0 Å². The monoisotopic (exact) mass is 516 g/mol. The molecule has 0 unspecified atom stereocenters. The summed E-state index contributed by atoms with van der Waals surface area (Å²) >= 11 is 1.53. The lowest BCUT2D eigenvalue weighted by atomic mass is 9.97. The highest BCUT2D eigenvalue weighted by Gasteiger charge is 2.38. The molecule has 37 heavy (non-hydrogen) atoms. The lowest BCUT2D eigenvalue weighted by molar-refractivity contribution is -0.122. The molecule has 3 aromatic heterocycles. The number of para-hydroxylation sites is 1. The molecule has 2 atom stereocenters. The SMILES string of the molecule is O=C1NC(=O)C(c2c[nH]c3sccc23)=C1c1nc(N2CC[C@@H](N3CCCC3)[C@H](F)C2)nc2ccccc12. The Labute approximate surface area is 216 Å². The Balaban J connectivity index is 1.35. The van der Waals surface area contributed by atoms with Crippen molar-refractivity contribution in [2.45, 2.75) is 31.5 Å². The minimum absolute atomic E-state index is 0.0761. The third-order valence-corrected chi connectivity index (χ3v) is 8.58. The zero-order valence-electron chi connectivity index (χ0n) is 20.0. The maximum atomic E-state index is 15.4. The Morgan fingerprint density at radius 1 is 0.973 bits per heavy atom. The van der Waals surface area contributed by atoms with Gasteiger partial charge in [0, 0.05) is 35.1 Å². The van der Waals surface area contributed by atoms with E-state index in [1.807, 2.05) is 40.6 Å². The van der Waals surface area contributed by atoms with Crippen molar-refractivity contribution in [2.24, 2.45) is 0 Å². The quantitative estimate of drug-likeness (QED) is 0.401. The third kappa shape index (κ3) is 3.66. The predicted octanol–water partition coefficient (Wildman–Crippen LogP) is 3.75. The number of aromatic amines is 1. The lowest BCUT2D eigenvalue weighted by Gasteiger charge is -2.39. The minimum atomic E-state index is -1.01. The molecule has 2 N–H and O–H groups in total. The van der Waals surface area contributed by atoms with Crippen molar-refractivity contribution >= 4 is 61.4 Å². The van der Waals surface area contributed by atoms with Gasteiger partial charge in [0.2, 0.25) is 5.95 Å². The standard InChI is InChI=1S/C27H25FN6O2S/c28-18-14-34(11-7-20(18)33-9-3-4-10-33)27-30-19-6-2-1-5-16(19)23(31-27)22-21(24(35)32-25(22)36)17-13-29-26-15(17)8-12-37-26/h1-2,5-6,8,12-13,18,20,29H,3-4,7,9-11,14H2,(H,32,35,36)/t18-,20-/m1/s1. The number of rotatable bonds is 4. The number of imide groups is 1. The summed E-state index contributed by atoms with van der Waals surface area (Å²) in [6.45, 7) is 2.74. The second-order valence-electron chi connectivity index (χ2n) is 9.85. The zero-order chi connectivity index (χ0) is 25.1. The highest BCUT2D eigenvalue weighted by Crippen LogP contribution is 2.38. The Bertz CT molecular complexity index is 1590. The number of aromatic nitrogens is 3. The smallest absolute Gasteiger partial charge is 0.261 e. The number of carbonyl (C=O) groups excluding carboxylic acids is 2. The van der Waals surface area contributed by atoms with Crippen LogP contribution in [0.25, 0.3) is 32.3 Å². The first-order chi connectivity index (χ1) is 18.1. The molecule has 0 saturated carbocycles. The summed E-state index contributed by atoms with van der Waals surface area (Å²) in [5.74, 6) is -0.563. The number of nitrogens with zero attached hydrogens (tertiary/aromatic N) is 4. The molecule has 10 heteroatoms. The van der Waals surface area contributed by atoms with Crippen LogP contribution in [0, 0.1) is 0 Å². The van der Waals surface area contributed by atoms with Crippen LogP contribution in [0.1, 0.15) is 30.5 Å². The van der Waals surface area contributed by atoms with Crippen LogP contribution >= 0.6 is 11.3 Å². The summed E-state index contributed by atoms with van der Waals surface area (Å²) in [5, 5.41) is 5.96. The van der Waals surface area contributed by atoms with Gasteiger partial charge in [-0.05, 0) is 49.9 Å². The summed E-state index contributed by atoms with van der Waals surface area (Å²) in [4.78, 5) is 44.1. The van der Waals surface area contributed by atoms with Crippen LogP contribution in [0.5, 0.6) is 0 Å². The number of carbonyl (C=O) groups is 2. The molecule has 7 rings (SSSR count). The number of hydrogen-bond donors (Lipinski definition) is 2. The van der Waals surface area contributed by atoms with Gasteiger partial charge >= 0.3 is 0 Å². The van der Waals surface area contributed by atoms with E-state index in [1.165, 1.54) is 11.3 Å². The zero-order valence-corrected chi connectivity index (χ0v) is 20.9. The van der Waals surface area contributed by atoms with Gasteiger partial charge in [-0.25, -0.2) is 14.4 Å². The Kier molecular flexibility index (Phi) is 5.33. The molecule has 0 bridgehead atoms. The number of anilines is 1. The number of fused-ring (bicyclic) bond motifs is 2. The predicted molar refractivity (Wildman–Crippen MR) is 142 cm³/mol. The molecule has 0 aliphatic carbocycles. The topological polar surface area (TPSA) is 94.2 Å². The number of alkyl halides is 1. The summed E-state index contributed by atoms with van der Waals surface area (Å²) in [6, 6.07) is 9.29.